The quantitative estimate of drug-likeness (QED) is 0.254. The molecule has 0 bridgehead atoms. The van der Waals surface area contributed by atoms with Crippen LogP contribution in [0.15, 0.2) is 115 Å². The van der Waals surface area contributed by atoms with Gasteiger partial charge in [-0.25, -0.2) is 0 Å². The Morgan fingerprint density at radius 1 is 0.500 bits per heavy atom. The van der Waals surface area contributed by atoms with Crippen LogP contribution in [0, 0.1) is 0 Å². The minimum absolute atomic E-state index is 0.143. The lowest BCUT2D eigenvalue weighted by Gasteiger charge is -2.37. The molecule has 1 fully saturated rings. The first kappa shape index (κ1) is 22.4. The summed E-state index contributed by atoms with van der Waals surface area (Å²) < 4.78 is 0. The second kappa shape index (κ2) is 11.1. The molecular weight excluding hydrogens is 460 g/mol. The molecule has 0 aromatic heterocycles. The summed E-state index contributed by atoms with van der Waals surface area (Å²) in [7, 11) is 0.532. The molecule has 1 heterocycles. The molecule has 0 spiro atoms. The van der Waals surface area contributed by atoms with E-state index in [1.165, 1.54) is 36.3 Å². The summed E-state index contributed by atoms with van der Waals surface area (Å²) in [5, 5.41) is 4.83. The molecule has 4 atom stereocenters. The van der Waals surface area contributed by atoms with E-state index in [4.69, 9.17) is 0 Å². The summed E-state index contributed by atoms with van der Waals surface area (Å²) in [6, 6.07) is 43.4. The zero-order valence-corrected chi connectivity index (χ0v) is 21.8. The molecule has 32 heavy (non-hydrogen) atoms. The highest BCUT2D eigenvalue weighted by atomic mass is 32.6. The van der Waals surface area contributed by atoms with Gasteiger partial charge in [0, 0.05) is 0 Å². The smallest absolute Gasteiger partial charge is 0.0117 e. The summed E-state index contributed by atoms with van der Waals surface area (Å²) in [6.45, 7) is 0. The van der Waals surface area contributed by atoms with Gasteiger partial charge in [0.25, 0.3) is 0 Å². The molecule has 4 unspecified atom stereocenters. The molecule has 0 N–H and O–H groups in total. The highest BCUT2D eigenvalue weighted by Gasteiger charge is 2.33. The van der Waals surface area contributed by atoms with E-state index in [0.717, 1.165) is 8.27 Å². The van der Waals surface area contributed by atoms with Gasteiger partial charge in [-0.15, -0.1) is 0 Å². The molecule has 5 rings (SSSR count). The first-order valence-corrected chi connectivity index (χ1v) is 18.9. The Balaban J connectivity index is 1.56. The first-order valence-electron chi connectivity index (χ1n) is 11.3. The molecule has 160 valence electrons. The fourth-order valence-electron chi connectivity index (χ4n) is 4.12. The maximum Gasteiger partial charge on any atom is -0.0117 e. The van der Waals surface area contributed by atoms with E-state index in [-0.39, 0.29) is 22.2 Å². The Hall–Kier alpha value is -1.40. The van der Waals surface area contributed by atoms with Crippen molar-refractivity contribution < 1.29 is 0 Å². The predicted octanol–water partition coefficient (Wildman–Crippen LogP) is 8.29. The van der Waals surface area contributed by atoms with Gasteiger partial charge in [-0.3, -0.25) is 0 Å². The highest BCUT2D eigenvalue weighted by molar-refractivity contribution is 8.78. The van der Waals surface area contributed by atoms with E-state index in [1.54, 1.807) is 15.9 Å². The SMILES string of the molecule is c1ccc(-c2ccc(P3CCCCPP(c4ccccc4)P3c3ccccc3)cc2)cc1. The van der Waals surface area contributed by atoms with E-state index >= 15 is 0 Å². The fourth-order valence-corrected chi connectivity index (χ4v) is 29.5. The van der Waals surface area contributed by atoms with Gasteiger partial charge in [-0.2, -0.15) is 0 Å². The Bertz CT molecular complexity index is 1100. The Labute approximate surface area is 197 Å². The highest BCUT2D eigenvalue weighted by Crippen LogP contribution is 2.91. The largest absolute Gasteiger partial charge is 0.0862 e. The Morgan fingerprint density at radius 2 is 1.06 bits per heavy atom. The van der Waals surface area contributed by atoms with Gasteiger partial charge >= 0.3 is 0 Å². The zero-order chi connectivity index (χ0) is 21.6. The fraction of sp³-hybridized carbons (Fsp3) is 0.143. The van der Waals surface area contributed by atoms with Crippen LogP contribution in [-0.2, 0) is 0 Å². The standard InChI is InChI=1S/C28H28P4/c1-4-12-24(13-5-1)25-18-20-26(21-19-25)30-23-11-10-22-29-31(27-14-6-2-7-15-27)32(30)28-16-8-3-9-17-28/h1-9,12-21,29H,10-11,22-23H2. The summed E-state index contributed by atoms with van der Waals surface area (Å²) in [5.74, 6) is 0. The number of benzene rings is 4. The molecular formula is C28H28P4. The van der Waals surface area contributed by atoms with E-state index in [9.17, 15) is 0 Å². The van der Waals surface area contributed by atoms with Gasteiger partial charge in [0.2, 0.25) is 0 Å². The third-order valence-electron chi connectivity index (χ3n) is 5.74. The molecule has 0 saturated carbocycles. The number of hydrogen-bond acceptors (Lipinski definition) is 0. The third-order valence-corrected chi connectivity index (χ3v) is 27.0. The summed E-state index contributed by atoms with van der Waals surface area (Å²) in [6.07, 6.45) is 5.55. The van der Waals surface area contributed by atoms with Crippen LogP contribution < -0.4 is 15.9 Å². The van der Waals surface area contributed by atoms with E-state index in [1.807, 2.05) is 0 Å². The van der Waals surface area contributed by atoms with E-state index in [2.05, 4.69) is 115 Å². The van der Waals surface area contributed by atoms with Crippen molar-refractivity contribution in [2.45, 2.75) is 12.8 Å². The number of rotatable bonds is 4. The van der Waals surface area contributed by atoms with Crippen molar-refractivity contribution >= 4 is 46.4 Å². The first-order chi connectivity index (χ1) is 15.9. The zero-order valence-electron chi connectivity index (χ0n) is 18.1. The van der Waals surface area contributed by atoms with Crippen molar-refractivity contribution in [2.24, 2.45) is 0 Å². The van der Waals surface area contributed by atoms with Crippen LogP contribution in [0.3, 0.4) is 0 Å². The van der Waals surface area contributed by atoms with Crippen LogP contribution in [0.2, 0.25) is 0 Å². The van der Waals surface area contributed by atoms with Crippen molar-refractivity contribution in [1.29, 1.82) is 0 Å². The molecule has 1 aliphatic rings. The van der Waals surface area contributed by atoms with Crippen molar-refractivity contribution in [1.82, 2.24) is 0 Å². The maximum atomic E-state index is 2.45. The Morgan fingerprint density at radius 3 is 1.72 bits per heavy atom. The van der Waals surface area contributed by atoms with Crippen molar-refractivity contribution in [3.8, 4) is 11.1 Å². The average Bonchev–Trinajstić information content (AvgIpc) is 2.86. The van der Waals surface area contributed by atoms with Crippen LogP contribution in [0.25, 0.3) is 11.1 Å². The molecule has 4 aromatic rings. The summed E-state index contributed by atoms with van der Waals surface area (Å²) >= 11 is 0. The summed E-state index contributed by atoms with van der Waals surface area (Å²) in [4.78, 5) is 0. The van der Waals surface area contributed by atoms with E-state index < -0.39 is 0 Å². The van der Waals surface area contributed by atoms with Crippen LogP contribution in [0.4, 0.5) is 0 Å². The maximum absolute atomic E-state index is 2.45. The monoisotopic (exact) mass is 488 g/mol. The lowest BCUT2D eigenvalue weighted by atomic mass is 10.1. The van der Waals surface area contributed by atoms with Gasteiger partial charge in [0.05, 0.1) is 0 Å². The molecule has 0 radical (unpaired) electrons. The van der Waals surface area contributed by atoms with Gasteiger partial charge in [0.1, 0.15) is 0 Å². The molecule has 4 heteroatoms. The predicted molar refractivity (Wildman–Crippen MR) is 152 cm³/mol. The van der Waals surface area contributed by atoms with Gasteiger partial charge in [0.15, 0.2) is 0 Å². The van der Waals surface area contributed by atoms with Gasteiger partial charge in [-0.1, -0.05) is 124 Å². The number of hydrogen-bond donors (Lipinski definition) is 0. The van der Waals surface area contributed by atoms with Crippen molar-refractivity contribution in [3.63, 3.8) is 0 Å². The Kier molecular flexibility index (Phi) is 7.80. The molecule has 4 aromatic carbocycles. The molecule has 0 amide bonds. The third kappa shape index (κ3) is 5.22. The molecule has 1 saturated heterocycles. The lowest BCUT2D eigenvalue weighted by molar-refractivity contribution is 0.905. The van der Waals surface area contributed by atoms with Crippen LogP contribution in [-0.4, -0.2) is 12.3 Å². The van der Waals surface area contributed by atoms with E-state index in [0.29, 0.717) is 0 Å². The minimum atomic E-state index is -0.212. The van der Waals surface area contributed by atoms with Crippen LogP contribution >= 0.6 is 30.5 Å². The lowest BCUT2D eigenvalue weighted by Crippen LogP contribution is -2.11. The van der Waals surface area contributed by atoms with Crippen molar-refractivity contribution in [2.75, 3.05) is 12.3 Å². The van der Waals surface area contributed by atoms with Gasteiger partial charge < -0.3 is 0 Å². The summed E-state index contributed by atoms with van der Waals surface area (Å²) in [5.41, 5.74) is 2.63. The van der Waals surface area contributed by atoms with Crippen LogP contribution in [0.1, 0.15) is 12.8 Å². The molecule has 0 aliphatic carbocycles. The van der Waals surface area contributed by atoms with Crippen molar-refractivity contribution in [3.05, 3.63) is 115 Å². The van der Waals surface area contributed by atoms with Gasteiger partial charge in [-0.05, 0) is 74.4 Å². The molecule has 1 aliphatic heterocycles. The van der Waals surface area contributed by atoms with Crippen LogP contribution in [0.5, 0.6) is 0 Å². The molecule has 0 nitrogen and oxygen atoms in total. The topological polar surface area (TPSA) is 0 Å². The second-order valence-corrected chi connectivity index (χ2v) is 22.2. The average molecular weight is 488 g/mol. The normalized spacial score (nSPS) is 22.2. The second-order valence-electron chi connectivity index (χ2n) is 7.92. The minimum Gasteiger partial charge on any atom is -0.0862 e.